The number of Topliss-reactive ketones (excluding diaryl/α,β-unsaturated/α-hetero) is 1. The zero-order chi connectivity index (χ0) is 19.3. The van der Waals surface area contributed by atoms with Crippen molar-refractivity contribution in [2.24, 2.45) is 5.73 Å². The van der Waals surface area contributed by atoms with Crippen LogP contribution in [0.15, 0.2) is 41.0 Å². The zero-order valence-electron chi connectivity index (χ0n) is 15.2. The standard InChI is InChI=1S/C20H20N2O5/c1-3-26-18(24)16-17(21)27-14-6-4-5-13(23)15(14)20(16)11-9-10(2)7-8-12(11)22-19(20)25/h7-9H,3-6,21H2,1-2H3,(H,22,25). The van der Waals surface area contributed by atoms with Crippen molar-refractivity contribution in [3.8, 4) is 0 Å². The molecule has 1 unspecified atom stereocenters. The van der Waals surface area contributed by atoms with Gasteiger partial charge in [-0.15, -0.1) is 0 Å². The van der Waals surface area contributed by atoms with Gasteiger partial charge in [-0.25, -0.2) is 4.79 Å². The molecule has 2 aliphatic heterocycles. The van der Waals surface area contributed by atoms with E-state index in [-0.39, 0.29) is 35.8 Å². The summed E-state index contributed by atoms with van der Waals surface area (Å²) < 4.78 is 10.8. The first-order chi connectivity index (χ1) is 12.9. The molecule has 7 heteroatoms. The highest BCUT2D eigenvalue weighted by Crippen LogP contribution is 2.54. The minimum absolute atomic E-state index is 0.105. The molecule has 3 aliphatic rings. The van der Waals surface area contributed by atoms with E-state index in [0.717, 1.165) is 5.56 Å². The van der Waals surface area contributed by atoms with Crippen molar-refractivity contribution < 1.29 is 23.9 Å². The number of aryl methyl sites for hydroxylation is 1. The van der Waals surface area contributed by atoms with Crippen molar-refractivity contribution in [3.63, 3.8) is 0 Å². The van der Waals surface area contributed by atoms with E-state index in [1.54, 1.807) is 19.1 Å². The molecule has 0 bridgehead atoms. The second-order valence-electron chi connectivity index (χ2n) is 6.89. The number of anilines is 1. The summed E-state index contributed by atoms with van der Waals surface area (Å²) >= 11 is 0. The maximum atomic E-state index is 13.3. The Hall–Kier alpha value is -3.09. The van der Waals surface area contributed by atoms with E-state index in [0.29, 0.717) is 29.9 Å². The average Bonchev–Trinajstić information content (AvgIpc) is 2.87. The largest absolute Gasteiger partial charge is 0.462 e. The topological polar surface area (TPSA) is 108 Å². The van der Waals surface area contributed by atoms with Crippen molar-refractivity contribution in [3.05, 3.63) is 52.1 Å². The van der Waals surface area contributed by atoms with E-state index >= 15 is 0 Å². The lowest BCUT2D eigenvalue weighted by Gasteiger charge is -2.38. The van der Waals surface area contributed by atoms with Gasteiger partial charge in [-0.2, -0.15) is 0 Å². The number of ether oxygens (including phenoxy) is 2. The number of nitrogens with two attached hydrogens (primary N) is 1. The van der Waals surface area contributed by atoms with Crippen LogP contribution in [0.4, 0.5) is 5.69 Å². The van der Waals surface area contributed by atoms with E-state index in [1.807, 2.05) is 13.0 Å². The monoisotopic (exact) mass is 368 g/mol. The van der Waals surface area contributed by atoms with Crippen LogP contribution in [0.1, 0.15) is 37.3 Å². The molecule has 4 rings (SSSR count). The first kappa shape index (κ1) is 17.3. The summed E-state index contributed by atoms with van der Waals surface area (Å²) in [6, 6.07) is 5.42. The lowest BCUT2D eigenvalue weighted by molar-refractivity contribution is -0.141. The van der Waals surface area contributed by atoms with E-state index in [2.05, 4.69) is 5.32 Å². The molecule has 3 N–H and O–H groups in total. The number of fused-ring (bicyclic) bond motifs is 3. The summed E-state index contributed by atoms with van der Waals surface area (Å²) in [6.45, 7) is 3.65. The van der Waals surface area contributed by atoms with Gasteiger partial charge in [0.15, 0.2) is 5.78 Å². The fourth-order valence-corrected chi connectivity index (χ4v) is 4.20. The van der Waals surface area contributed by atoms with Crippen LogP contribution in [0, 0.1) is 6.92 Å². The number of benzene rings is 1. The molecule has 1 spiro atoms. The Labute approximate surface area is 156 Å². The fourth-order valence-electron chi connectivity index (χ4n) is 4.20. The predicted octanol–water partition coefficient (Wildman–Crippen LogP) is 1.96. The number of hydrogen-bond donors (Lipinski definition) is 2. The van der Waals surface area contributed by atoms with Crippen LogP contribution in [-0.2, 0) is 29.3 Å². The van der Waals surface area contributed by atoms with Gasteiger partial charge in [0.05, 0.1) is 12.2 Å². The minimum Gasteiger partial charge on any atom is -0.462 e. The Morgan fingerprint density at radius 2 is 2.11 bits per heavy atom. The van der Waals surface area contributed by atoms with Crippen LogP contribution in [0.25, 0.3) is 0 Å². The number of hydrogen-bond acceptors (Lipinski definition) is 6. The third-order valence-corrected chi connectivity index (χ3v) is 5.24. The Balaban J connectivity index is 2.08. The number of carbonyl (C=O) groups excluding carboxylic acids is 3. The van der Waals surface area contributed by atoms with Crippen LogP contribution >= 0.6 is 0 Å². The Morgan fingerprint density at radius 1 is 1.33 bits per heavy atom. The Kier molecular flexibility index (Phi) is 3.83. The molecule has 0 radical (unpaired) electrons. The number of allylic oxidation sites excluding steroid dienone is 1. The molecule has 27 heavy (non-hydrogen) atoms. The minimum atomic E-state index is -1.64. The summed E-state index contributed by atoms with van der Waals surface area (Å²) in [4.78, 5) is 39.1. The smallest absolute Gasteiger partial charge is 0.341 e. The number of esters is 1. The molecular formula is C20H20N2O5. The van der Waals surface area contributed by atoms with Gasteiger partial charge >= 0.3 is 5.97 Å². The Morgan fingerprint density at radius 3 is 2.85 bits per heavy atom. The normalized spacial score (nSPS) is 23.8. The molecule has 2 heterocycles. The van der Waals surface area contributed by atoms with E-state index in [1.165, 1.54) is 0 Å². The number of carbonyl (C=O) groups is 3. The van der Waals surface area contributed by atoms with Crippen LogP contribution < -0.4 is 11.1 Å². The van der Waals surface area contributed by atoms with Gasteiger partial charge in [-0.05, 0) is 26.3 Å². The van der Waals surface area contributed by atoms with Crippen molar-refractivity contribution in [2.45, 2.75) is 38.5 Å². The second kappa shape index (κ2) is 5.97. The van der Waals surface area contributed by atoms with Crippen LogP contribution in [0.3, 0.4) is 0 Å². The van der Waals surface area contributed by atoms with Crippen LogP contribution in [0.2, 0.25) is 0 Å². The molecular weight excluding hydrogens is 348 g/mol. The lowest BCUT2D eigenvalue weighted by Crippen LogP contribution is -2.49. The quantitative estimate of drug-likeness (QED) is 0.773. The highest BCUT2D eigenvalue weighted by molar-refractivity contribution is 6.22. The summed E-state index contributed by atoms with van der Waals surface area (Å²) in [5.41, 5.74) is 6.52. The molecule has 1 aliphatic carbocycles. The molecule has 1 aromatic rings. The molecule has 0 saturated carbocycles. The highest BCUT2D eigenvalue weighted by atomic mass is 16.5. The third kappa shape index (κ3) is 2.24. The van der Waals surface area contributed by atoms with Gasteiger partial charge < -0.3 is 20.5 Å². The Bertz CT molecular complexity index is 959. The number of ketones is 1. The average molecular weight is 368 g/mol. The maximum absolute atomic E-state index is 13.3. The zero-order valence-corrected chi connectivity index (χ0v) is 15.2. The van der Waals surface area contributed by atoms with Gasteiger partial charge in [-0.1, -0.05) is 17.7 Å². The molecule has 0 aromatic heterocycles. The third-order valence-electron chi connectivity index (χ3n) is 5.24. The number of nitrogens with one attached hydrogen (secondary N) is 1. The van der Waals surface area contributed by atoms with Gasteiger partial charge in [0, 0.05) is 24.1 Å². The molecule has 7 nitrogen and oxygen atoms in total. The summed E-state index contributed by atoms with van der Waals surface area (Å²) in [7, 11) is 0. The SMILES string of the molecule is CCOC(=O)C1=C(N)OC2=C(C(=O)CCC2)C12C(=O)Nc1ccc(C)cc12. The molecule has 0 fully saturated rings. The molecule has 1 aromatic carbocycles. The van der Waals surface area contributed by atoms with E-state index in [4.69, 9.17) is 15.2 Å². The van der Waals surface area contributed by atoms with Gasteiger partial charge in [0.2, 0.25) is 11.8 Å². The van der Waals surface area contributed by atoms with Crippen molar-refractivity contribution in [1.29, 1.82) is 0 Å². The van der Waals surface area contributed by atoms with Crippen molar-refractivity contribution in [2.75, 3.05) is 11.9 Å². The van der Waals surface area contributed by atoms with Gasteiger partial charge in [-0.3, -0.25) is 9.59 Å². The summed E-state index contributed by atoms with van der Waals surface area (Å²) in [5, 5.41) is 2.81. The van der Waals surface area contributed by atoms with Gasteiger partial charge in [0.25, 0.3) is 0 Å². The summed E-state index contributed by atoms with van der Waals surface area (Å²) in [5.74, 6) is -1.28. The van der Waals surface area contributed by atoms with Crippen LogP contribution in [0.5, 0.6) is 0 Å². The van der Waals surface area contributed by atoms with Crippen molar-refractivity contribution >= 4 is 23.3 Å². The van der Waals surface area contributed by atoms with Crippen LogP contribution in [-0.4, -0.2) is 24.3 Å². The first-order valence-corrected chi connectivity index (χ1v) is 8.95. The maximum Gasteiger partial charge on any atom is 0.341 e. The van der Waals surface area contributed by atoms with Gasteiger partial charge in [0.1, 0.15) is 16.7 Å². The lowest BCUT2D eigenvalue weighted by atomic mass is 9.64. The number of amides is 1. The first-order valence-electron chi connectivity index (χ1n) is 8.95. The second-order valence-corrected chi connectivity index (χ2v) is 6.89. The molecule has 0 saturated heterocycles. The van der Waals surface area contributed by atoms with E-state index in [9.17, 15) is 14.4 Å². The number of rotatable bonds is 2. The highest BCUT2D eigenvalue weighted by Gasteiger charge is 2.61. The summed E-state index contributed by atoms with van der Waals surface area (Å²) in [6.07, 6.45) is 1.38. The van der Waals surface area contributed by atoms with E-state index < -0.39 is 17.3 Å². The molecule has 1 amide bonds. The molecule has 1 atom stereocenters. The molecule has 140 valence electrons. The van der Waals surface area contributed by atoms with Crippen molar-refractivity contribution in [1.82, 2.24) is 0 Å². The fraction of sp³-hybridized carbons (Fsp3) is 0.350. The predicted molar refractivity (Wildman–Crippen MR) is 96.3 cm³/mol.